The average Bonchev–Trinajstić information content (AvgIpc) is 3.69. The number of likely N-dealkylation sites (tertiary alicyclic amines) is 1. The van der Waals surface area contributed by atoms with E-state index in [1.165, 1.54) is 24.0 Å². The Bertz CT molecular complexity index is 1330. The third-order valence-electron chi connectivity index (χ3n) is 13.1. The topological polar surface area (TPSA) is 106 Å². The highest BCUT2D eigenvalue weighted by atomic mass is 16.6. The van der Waals surface area contributed by atoms with Crippen molar-refractivity contribution in [3.63, 3.8) is 0 Å². The molecule has 0 amide bonds. The van der Waals surface area contributed by atoms with Gasteiger partial charge in [0.1, 0.15) is 11.7 Å². The summed E-state index contributed by atoms with van der Waals surface area (Å²) < 4.78 is 19.8. The molecule has 5 fully saturated rings. The first-order valence-corrected chi connectivity index (χ1v) is 16.6. The number of hydrogen-bond donors (Lipinski definition) is 2. The Morgan fingerprint density at radius 3 is 2.51 bits per heavy atom. The van der Waals surface area contributed by atoms with Gasteiger partial charge in [0.2, 0.25) is 0 Å². The normalized spacial score (nSPS) is 36.9. The number of unbranched alkanes of at least 4 members (excludes halogenated alkanes) is 1. The molecule has 2 N–H and O–H groups in total. The third-order valence-corrected chi connectivity index (χ3v) is 13.1. The Labute approximate surface area is 255 Å². The highest BCUT2D eigenvalue weighted by Gasteiger charge is 2.82. The summed E-state index contributed by atoms with van der Waals surface area (Å²) in [5, 5.41) is 21.3. The SMILES string of the molecule is COC12CC[C@@]3(CC1[C@](C)(O)C(C)(C)C)[C@H]1Cc4ccc(OC(=O)CCCCC(=O)O)c5c4[C@@]3(CCN1CC1CC1)C2O5. The van der Waals surface area contributed by atoms with Crippen LogP contribution in [-0.4, -0.2) is 70.6 Å². The molecule has 2 spiro atoms. The van der Waals surface area contributed by atoms with Gasteiger partial charge in [-0.2, -0.15) is 0 Å². The predicted octanol–water partition coefficient (Wildman–Crippen LogP) is 5.26. The van der Waals surface area contributed by atoms with Crippen molar-refractivity contribution in [3.8, 4) is 11.5 Å². The van der Waals surface area contributed by atoms with E-state index in [0.29, 0.717) is 30.4 Å². The molecule has 43 heavy (non-hydrogen) atoms. The van der Waals surface area contributed by atoms with Crippen LogP contribution in [0.2, 0.25) is 0 Å². The van der Waals surface area contributed by atoms with Gasteiger partial charge in [-0.25, -0.2) is 0 Å². The smallest absolute Gasteiger partial charge is 0.311 e. The molecule has 3 unspecified atom stereocenters. The van der Waals surface area contributed by atoms with E-state index in [1.807, 2.05) is 13.0 Å². The fraction of sp³-hybridized carbons (Fsp3) is 0.771. The molecule has 1 saturated heterocycles. The molecule has 7 atom stereocenters. The molecular weight excluding hydrogens is 546 g/mol. The van der Waals surface area contributed by atoms with Gasteiger partial charge >= 0.3 is 11.9 Å². The number of carboxylic acids is 1. The summed E-state index contributed by atoms with van der Waals surface area (Å²) in [6.45, 7) is 10.6. The van der Waals surface area contributed by atoms with Gasteiger partial charge in [-0.15, -0.1) is 0 Å². The average molecular weight is 596 g/mol. The monoisotopic (exact) mass is 595 g/mol. The molecule has 7 aliphatic rings. The number of hydrogen-bond acceptors (Lipinski definition) is 7. The van der Waals surface area contributed by atoms with Crippen molar-refractivity contribution in [2.45, 2.75) is 127 Å². The van der Waals surface area contributed by atoms with Crippen LogP contribution in [0.25, 0.3) is 0 Å². The van der Waals surface area contributed by atoms with Crippen LogP contribution in [0.4, 0.5) is 0 Å². The second-order valence-corrected chi connectivity index (χ2v) is 15.8. The number of nitrogens with zero attached hydrogens (tertiary/aromatic N) is 1. The zero-order valence-electron chi connectivity index (χ0n) is 26.5. The molecule has 1 aromatic rings. The molecule has 1 aromatic carbocycles. The Morgan fingerprint density at radius 1 is 1.09 bits per heavy atom. The zero-order chi connectivity index (χ0) is 30.6. The van der Waals surface area contributed by atoms with Crippen LogP contribution in [0.15, 0.2) is 12.1 Å². The fourth-order valence-electron chi connectivity index (χ4n) is 10.4. The lowest BCUT2D eigenvalue weighted by atomic mass is 9.33. The van der Waals surface area contributed by atoms with Crippen LogP contribution < -0.4 is 9.47 Å². The maximum absolute atomic E-state index is 13.0. The van der Waals surface area contributed by atoms with E-state index in [0.717, 1.165) is 51.1 Å². The molecule has 5 aliphatic carbocycles. The number of ether oxygens (including phenoxy) is 3. The second-order valence-electron chi connectivity index (χ2n) is 15.8. The summed E-state index contributed by atoms with van der Waals surface area (Å²) >= 11 is 0. The van der Waals surface area contributed by atoms with E-state index >= 15 is 0 Å². The third kappa shape index (κ3) is 3.97. The number of aliphatic carboxylic acids is 1. The molecule has 0 radical (unpaired) electrons. The van der Waals surface area contributed by atoms with Gasteiger partial charge in [-0.1, -0.05) is 26.8 Å². The number of aliphatic hydroxyl groups is 1. The number of piperidine rings is 1. The standard InChI is InChI=1S/C35H49NO7/c1-31(2,3)32(4,40)24-19-33-14-15-35(24,41-5)30-34(33)16-17-36(20-21-10-11-21)25(33)18-22-12-13-23(29(43-30)28(22)34)42-27(39)9-7-6-8-26(37)38/h12-13,21,24-25,30,40H,6-11,14-20H2,1-5H3,(H,37,38)/t24?,25-,30?,32+,33-,34+,35?/m1/s1. The van der Waals surface area contributed by atoms with E-state index in [2.05, 4.69) is 31.7 Å². The first kappa shape index (κ1) is 29.5. The molecule has 236 valence electrons. The molecular formula is C35H49NO7. The number of methoxy groups -OCH3 is 1. The van der Waals surface area contributed by atoms with Gasteiger partial charge in [0, 0.05) is 54.8 Å². The molecule has 8 rings (SSSR count). The van der Waals surface area contributed by atoms with Gasteiger partial charge in [0.25, 0.3) is 0 Å². The summed E-state index contributed by atoms with van der Waals surface area (Å²) in [6.07, 6.45) is 8.18. The number of carbonyl (C=O) groups is 2. The van der Waals surface area contributed by atoms with Gasteiger partial charge in [0.15, 0.2) is 11.5 Å². The van der Waals surface area contributed by atoms with E-state index in [4.69, 9.17) is 19.3 Å². The lowest BCUT2D eigenvalue weighted by Gasteiger charge is -2.75. The first-order valence-electron chi connectivity index (χ1n) is 16.6. The lowest BCUT2D eigenvalue weighted by molar-refractivity contribution is -0.312. The van der Waals surface area contributed by atoms with Crippen molar-refractivity contribution in [3.05, 3.63) is 23.3 Å². The number of rotatable bonds is 10. The molecule has 2 aliphatic heterocycles. The van der Waals surface area contributed by atoms with E-state index in [1.54, 1.807) is 7.11 Å². The Hall–Kier alpha value is -2.16. The highest BCUT2D eigenvalue weighted by molar-refractivity contribution is 5.75. The highest BCUT2D eigenvalue weighted by Crippen LogP contribution is 2.78. The minimum absolute atomic E-state index is 0.0459. The minimum atomic E-state index is -0.989. The summed E-state index contributed by atoms with van der Waals surface area (Å²) in [4.78, 5) is 26.7. The van der Waals surface area contributed by atoms with Crippen molar-refractivity contribution < 1.29 is 34.0 Å². The van der Waals surface area contributed by atoms with E-state index in [-0.39, 0.29) is 47.1 Å². The van der Waals surface area contributed by atoms with Gasteiger partial charge in [0.05, 0.1) is 5.60 Å². The fourth-order valence-corrected chi connectivity index (χ4v) is 10.4. The summed E-state index contributed by atoms with van der Waals surface area (Å²) in [5.74, 6) is 0.625. The van der Waals surface area contributed by atoms with E-state index in [9.17, 15) is 14.7 Å². The largest absolute Gasteiger partial charge is 0.482 e. The number of carbonyl (C=O) groups excluding carboxylic acids is 1. The molecule has 2 heterocycles. The summed E-state index contributed by atoms with van der Waals surface area (Å²) in [7, 11) is 1.80. The maximum atomic E-state index is 13.0. The van der Waals surface area contributed by atoms with Crippen LogP contribution in [0.1, 0.15) is 103 Å². The first-order chi connectivity index (χ1) is 20.3. The van der Waals surface area contributed by atoms with Crippen LogP contribution in [0, 0.1) is 22.7 Å². The van der Waals surface area contributed by atoms with Crippen molar-refractivity contribution in [2.75, 3.05) is 20.2 Å². The Kier molecular flexibility index (Phi) is 6.64. The molecule has 4 saturated carbocycles. The zero-order valence-corrected chi connectivity index (χ0v) is 26.5. The maximum Gasteiger partial charge on any atom is 0.311 e. The molecule has 8 heteroatoms. The molecule has 0 aromatic heterocycles. The predicted molar refractivity (Wildman–Crippen MR) is 160 cm³/mol. The number of fused-ring (bicyclic) bond motifs is 2. The number of carboxylic acid groups (broad SMARTS) is 1. The van der Waals surface area contributed by atoms with Crippen molar-refractivity contribution in [1.29, 1.82) is 0 Å². The summed E-state index contributed by atoms with van der Waals surface area (Å²) in [6, 6.07) is 4.44. The van der Waals surface area contributed by atoms with Crippen LogP contribution in [0.5, 0.6) is 11.5 Å². The van der Waals surface area contributed by atoms with Crippen LogP contribution in [0.3, 0.4) is 0 Å². The Morgan fingerprint density at radius 2 is 1.84 bits per heavy atom. The molecule has 8 nitrogen and oxygen atoms in total. The van der Waals surface area contributed by atoms with Gasteiger partial charge in [-0.3, -0.25) is 14.5 Å². The number of benzene rings is 1. The van der Waals surface area contributed by atoms with Crippen molar-refractivity contribution >= 4 is 11.9 Å². The van der Waals surface area contributed by atoms with Gasteiger partial charge in [-0.05, 0) is 94.2 Å². The lowest BCUT2D eigenvalue weighted by Crippen LogP contribution is -2.83. The summed E-state index contributed by atoms with van der Waals surface area (Å²) in [5.41, 5.74) is 0.176. The van der Waals surface area contributed by atoms with Gasteiger partial charge < -0.3 is 24.4 Å². The number of esters is 1. The molecule has 4 bridgehead atoms. The second kappa shape index (κ2) is 9.67. The quantitative estimate of drug-likeness (QED) is 0.215. The van der Waals surface area contributed by atoms with Crippen molar-refractivity contribution in [1.82, 2.24) is 4.90 Å². The minimum Gasteiger partial charge on any atom is -0.482 e. The van der Waals surface area contributed by atoms with Crippen molar-refractivity contribution in [2.24, 2.45) is 22.7 Å². The Balaban J connectivity index is 1.32. The van der Waals surface area contributed by atoms with Crippen LogP contribution in [-0.2, 0) is 26.2 Å². The van der Waals surface area contributed by atoms with E-state index < -0.39 is 17.2 Å². The van der Waals surface area contributed by atoms with Crippen LogP contribution >= 0.6 is 0 Å².